The number of carbonyl (C=O) groups is 1. The molecule has 118 valence electrons. The summed E-state index contributed by atoms with van der Waals surface area (Å²) in [5.74, 6) is 0.954. The molecule has 0 aliphatic carbocycles. The van der Waals surface area contributed by atoms with Gasteiger partial charge in [-0.3, -0.25) is 9.78 Å². The summed E-state index contributed by atoms with van der Waals surface area (Å²) >= 11 is 6.16. The van der Waals surface area contributed by atoms with Crippen molar-refractivity contribution >= 4 is 23.6 Å². The lowest BCUT2D eigenvalue weighted by molar-refractivity contribution is -0.116. The third-order valence-corrected chi connectivity index (χ3v) is 3.52. The summed E-state index contributed by atoms with van der Waals surface area (Å²) in [6.07, 6.45) is 6.54. The normalized spacial score (nSPS) is 13.1. The minimum Gasteiger partial charge on any atom is -0.486 e. The monoisotopic (exact) mass is 330 g/mol. The molecular weight excluding hydrogens is 316 g/mol. The average Bonchev–Trinajstić information content (AvgIpc) is 2.59. The Morgan fingerprint density at radius 2 is 2.22 bits per heavy atom. The van der Waals surface area contributed by atoms with Crippen LogP contribution < -0.4 is 14.8 Å². The first-order chi connectivity index (χ1) is 11.2. The molecule has 1 aromatic carbocycles. The SMILES string of the molecule is O=C(/C=C/c1cc(Cl)c2c(c1)OCCO2)NCc1cccnc1. The van der Waals surface area contributed by atoms with Crippen LogP contribution in [-0.4, -0.2) is 24.1 Å². The van der Waals surface area contributed by atoms with Gasteiger partial charge in [-0.1, -0.05) is 17.7 Å². The van der Waals surface area contributed by atoms with Gasteiger partial charge in [0.1, 0.15) is 13.2 Å². The fourth-order valence-electron chi connectivity index (χ4n) is 2.15. The standard InChI is InChI=1S/C17H15ClN2O3/c18-14-8-12(9-15-17(14)23-7-6-22-15)3-4-16(21)20-11-13-2-1-5-19-10-13/h1-5,8-10H,6-7,11H2,(H,20,21)/b4-3+. The Labute approximate surface area is 138 Å². The van der Waals surface area contributed by atoms with E-state index in [4.69, 9.17) is 21.1 Å². The number of fused-ring (bicyclic) bond motifs is 1. The van der Waals surface area contributed by atoms with Gasteiger partial charge in [0.05, 0.1) is 5.02 Å². The van der Waals surface area contributed by atoms with Gasteiger partial charge in [-0.2, -0.15) is 0 Å². The molecule has 0 radical (unpaired) electrons. The van der Waals surface area contributed by atoms with Crippen molar-refractivity contribution in [3.63, 3.8) is 0 Å². The number of benzene rings is 1. The molecule has 1 N–H and O–H groups in total. The van der Waals surface area contributed by atoms with Crippen molar-refractivity contribution in [1.82, 2.24) is 10.3 Å². The van der Waals surface area contributed by atoms with E-state index >= 15 is 0 Å². The molecule has 5 nitrogen and oxygen atoms in total. The highest BCUT2D eigenvalue weighted by molar-refractivity contribution is 6.32. The van der Waals surface area contributed by atoms with Crippen molar-refractivity contribution < 1.29 is 14.3 Å². The number of amides is 1. The Hall–Kier alpha value is -2.53. The van der Waals surface area contributed by atoms with Crippen LogP contribution >= 0.6 is 11.6 Å². The fraction of sp³-hybridized carbons (Fsp3) is 0.176. The number of aromatic nitrogens is 1. The minimum atomic E-state index is -0.195. The van der Waals surface area contributed by atoms with Crippen LogP contribution in [0.25, 0.3) is 6.08 Å². The zero-order chi connectivity index (χ0) is 16.1. The molecule has 23 heavy (non-hydrogen) atoms. The molecule has 1 amide bonds. The van der Waals surface area contributed by atoms with E-state index in [0.717, 1.165) is 11.1 Å². The number of halogens is 1. The smallest absolute Gasteiger partial charge is 0.244 e. The van der Waals surface area contributed by atoms with E-state index in [2.05, 4.69) is 10.3 Å². The summed E-state index contributed by atoms with van der Waals surface area (Å²) < 4.78 is 11.0. The van der Waals surface area contributed by atoms with Crippen LogP contribution in [0.2, 0.25) is 5.02 Å². The first-order valence-corrected chi connectivity index (χ1v) is 7.54. The molecular formula is C17H15ClN2O3. The molecule has 0 bridgehead atoms. The second-order valence-corrected chi connectivity index (χ2v) is 5.35. The van der Waals surface area contributed by atoms with Crippen LogP contribution in [0.4, 0.5) is 0 Å². The molecule has 0 saturated carbocycles. The van der Waals surface area contributed by atoms with Crippen LogP contribution in [0.5, 0.6) is 11.5 Å². The lowest BCUT2D eigenvalue weighted by Crippen LogP contribution is -2.20. The topological polar surface area (TPSA) is 60.5 Å². The van der Waals surface area contributed by atoms with E-state index in [9.17, 15) is 4.79 Å². The molecule has 6 heteroatoms. The second kappa shape index (κ2) is 7.15. The lowest BCUT2D eigenvalue weighted by atomic mass is 10.1. The third-order valence-electron chi connectivity index (χ3n) is 3.24. The van der Waals surface area contributed by atoms with Gasteiger partial charge < -0.3 is 14.8 Å². The predicted molar refractivity (Wildman–Crippen MR) is 87.6 cm³/mol. The highest BCUT2D eigenvalue weighted by atomic mass is 35.5. The van der Waals surface area contributed by atoms with E-state index in [1.807, 2.05) is 12.1 Å². The molecule has 0 spiro atoms. The van der Waals surface area contributed by atoms with Gasteiger partial charge in [0.2, 0.25) is 5.91 Å². The molecule has 2 heterocycles. The molecule has 0 fully saturated rings. The highest BCUT2D eigenvalue weighted by Gasteiger charge is 2.15. The summed E-state index contributed by atoms with van der Waals surface area (Å²) in [7, 11) is 0. The van der Waals surface area contributed by atoms with Crippen LogP contribution in [0.3, 0.4) is 0 Å². The van der Waals surface area contributed by atoms with Gasteiger partial charge in [-0.05, 0) is 35.4 Å². The van der Waals surface area contributed by atoms with Crippen molar-refractivity contribution in [2.24, 2.45) is 0 Å². The van der Waals surface area contributed by atoms with Gasteiger partial charge in [0.25, 0.3) is 0 Å². The summed E-state index contributed by atoms with van der Waals surface area (Å²) in [5, 5.41) is 3.26. The minimum absolute atomic E-state index is 0.195. The number of hydrogen-bond acceptors (Lipinski definition) is 4. The zero-order valence-electron chi connectivity index (χ0n) is 12.3. The molecule has 1 aromatic heterocycles. The van der Waals surface area contributed by atoms with E-state index in [0.29, 0.717) is 36.3 Å². The van der Waals surface area contributed by atoms with E-state index in [-0.39, 0.29) is 5.91 Å². The molecule has 2 aromatic rings. The van der Waals surface area contributed by atoms with Crippen molar-refractivity contribution in [2.75, 3.05) is 13.2 Å². The largest absolute Gasteiger partial charge is 0.486 e. The van der Waals surface area contributed by atoms with Crippen LogP contribution in [-0.2, 0) is 11.3 Å². The Kier molecular flexibility index (Phi) is 4.78. The maximum absolute atomic E-state index is 11.9. The molecule has 3 rings (SSSR count). The number of nitrogens with zero attached hydrogens (tertiary/aromatic N) is 1. The maximum Gasteiger partial charge on any atom is 0.244 e. The second-order valence-electron chi connectivity index (χ2n) is 4.94. The van der Waals surface area contributed by atoms with Gasteiger partial charge in [-0.25, -0.2) is 0 Å². The van der Waals surface area contributed by atoms with Crippen LogP contribution in [0.15, 0.2) is 42.7 Å². The molecule has 0 unspecified atom stereocenters. The number of ether oxygens (including phenoxy) is 2. The summed E-state index contributed by atoms with van der Waals surface area (Å²) in [6.45, 7) is 1.40. The van der Waals surface area contributed by atoms with Gasteiger partial charge in [-0.15, -0.1) is 0 Å². The number of carbonyl (C=O) groups excluding carboxylic acids is 1. The van der Waals surface area contributed by atoms with Crippen LogP contribution in [0, 0.1) is 0 Å². The van der Waals surface area contributed by atoms with Crippen molar-refractivity contribution in [3.8, 4) is 11.5 Å². The summed E-state index contributed by atoms with van der Waals surface area (Å²) in [5.41, 5.74) is 1.72. The first-order valence-electron chi connectivity index (χ1n) is 7.16. The number of pyridine rings is 1. The quantitative estimate of drug-likeness (QED) is 0.876. The third kappa shape index (κ3) is 4.02. The van der Waals surface area contributed by atoms with E-state index in [1.165, 1.54) is 6.08 Å². The average molecular weight is 331 g/mol. The molecule has 0 saturated heterocycles. The van der Waals surface area contributed by atoms with Gasteiger partial charge in [0, 0.05) is 25.0 Å². The van der Waals surface area contributed by atoms with Crippen molar-refractivity contribution in [3.05, 3.63) is 58.9 Å². The summed E-state index contributed by atoms with van der Waals surface area (Å²) in [6, 6.07) is 7.26. The van der Waals surface area contributed by atoms with Gasteiger partial charge >= 0.3 is 0 Å². The van der Waals surface area contributed by atoms with Crippen molar-refractivity contribution in [2.45, 2.75) is 6.54 Å². The Bertz CT molecular complexity index is 732. The first kappa shape index (κ1) is 15.4. The molecule has 0 atom stereocenters. The molecule has 1 aliphatic rings. The Morgan fingerprint density at radius 1 is 1.35 bits per heavy atom. The number of rotatable bonds is 4. The number of hydrogen-bond donors (Lipinski definition) is 1. The fourth-order valence-corrected chi connectivity index (χ4v) is 2.42. The molecule has 1 aliphatic heterocycles. The zero-order valence-corrected chi connectivity index (χ0v) is 13.0. The number of nitrogens with one attached hydrogen (secondary N) is 1. The lowest BCUT2D eigenvalue weighted by Gasteiger charge is -2.19. The Balaban J connectivity index is 1.63. The van der Waals surface area contributed by atoms with E-state index in [1.54, 1.807) is 30.6 Å². The maximum atomic E-state index is 11.9. The highest BCUT2D eigenvalue weighted by Crippen LogP contribution is 2.38. The van der Waals surface area contributed by atoms with Gasteiger partial charge in [0.15, 0.2) is 11.5 Å². The Morgan fingerprint density at radius 3 is 3.04 bits per heavy atom. The summed E-state index contributed by atoms with van der Waals surface area (Å²) in [4.78, 5) is 15.9. The van der Waals surface area contributed by atoms with E-state index < -0.39 is 0 Å². The van der Waals surface area contributed by atoms with Crippen LogP contribution in [0.1, 0.15) is 11.1 Å². The predicted octanol–water partition coefficient (Wildman–Crippen LogP) is 2.84. The van der Waals surface area contributed by atoms with Crippen molar-refractivity contribution in [1.29, 1.82) is 0 Å².